The summed E-state index contributed by atoms with van der Waals surface area (Å²) in [6.45, 7) is 7.68. The van der Waals surface area contributed by atoms with Crippen LogP contribution < -0.4 is 5.32 Å². The molecule has 192 valence electrons. The third-order valence-electron chi connectivity index (χ3n) is 7.38. The Bertz CT molecular complexity index is 408. The molecule has 0 fully saturated rings. The highest BCUT2D eigenvalue weighted by Gasteiger charge is 2.25. The van der Waals surface area contributed by atoms with Gasteiger partial charge < -0.3 is 9.80 Å². The van der Waals surface area contributed by atoms with E-state index in [1.54, 1.807) is 0 Å². The van der Waals surface area contributed by atoms with E-state index in [0.717, 1.165) is 23.9 Å². The second kappa shape index (κ2) is 22.2. The van der Waals surface area contributed by atoms with Gasteiger partial charge in [0.1, 0.15) is 0 Å². The molecule has 0 rings (SSSR count). The maximum atomic E-state index is 12.2. The Morgan fingerprint density at radius 1 is 0.594 bits per heavy atom. The molecule has 1 N–H and O–H groups in total. The largest absolute Gasteiger partial charge is 0.309 e. The molecule has 0 radical (unpaired) electrons. The molecule has 1 atom stereocenters. The molecule has 1 amide bonds. The molecule has 0 aromatic heterocycles. The molecule has 0 heterocycles. The first kappa shape index (κ1) is 31.4. The van der Waals surface area contributed by atoms with Crippen molar-refractivity contribution in [2.45, 2.75) is 162 Å². The summed E-state index contributed by atoms with van der Waals surface area (Å²) >= 11 is 0. The predicted molar refractivity (Wildman–Crippen MR) is 143 cm³/mol. The van der Waals surface area contributed by atoms with Crippen molar-refractivity contribution in [2.75, 3.05) is 20.6 Å². The average Bonchev–Trinajstić information content (AvgIpc) is 2.78. The topological polar surface area (TPSA) is 29.1 Å². The molecule has 0 aromatic rings. The minimum atomic E-state index is 0.239. The van der Waals surface area contributed by atoms with Crippen LogP contribution in [0.4, 0.5) is 0 Å². The number of amides is 1. The lowest BCUT2D eigenvalue weighted by Gasteiger charge is -2.36. The molecule has 1 unspecified atom stereocenters. The number of unbranched alkanes of at least 4 members (excludes halogenated alkanes) is 18. The Morgan fingerprint density at radius 3 is 1.25 bits per heavy atom. The summed E-state index contributed by atoms with van der Waals surface area (Å²) in [6, 6.07) is 0. The van der Waals surface area contributed by atoms with E-state index in [2.05, 4.69) is 40.2 Å². The van der Waals surface area contributed by atoms with Crippen LogP contribution in [-0.2, 0) is 4.79 Å². The van der Waals surface area contributed by atoms with Crippen molar-refractivity contribution >= 4 is 5.91 Å². The van der Waals surface area contributed by atoms with Gasteiger partial charge in [-0.25, -0.2) is 0 Å². The van der Waals surface area contributed by atoms with Crippen LogP contribution in [-0.4, -0.2) is 37.2 Å². The van der Waals surface area contributed by atoms with Crippen molar-refractivity contribution in [3.63, 3.8) is 0 Å². The lowest BCUT2D eigenvalue weighted by molar-refractivity contribution is -0.915. The van der Waals surface area contributed by atoms with Crippen molar-refractivity contribution in [3.8, 4) is 0 Å². The van der Waals surface area contributed by atoms with Crippen LogP contribution in [0.2, 0.25) is 0 Å². The molecule has 0 bridgehead atoms. The molecular formula is C29H61N2O+. The summed E-state index contributed by atoms with van der Waals surface area (Å²) < 4.78 is 0.863. The number of hydrogen-bond acceptors (Lipinski definition) is 1. The molecule has 0 spiro atoms. The van der Waals surface area contributed by atoms with E-state index >= 15 is 0 Å². The molecule has 3 nitrogen and oxygen atoms in total. The minimum Gasteiger partial charge on any atom is -0.309 e. The van der Waals surface area contributed by atoms with Crippen LogP contribution in [0.3, 0.4) is 0 Å². The zero-order chi connectivity index (χ0) is 23.9. The Hall–Kier alpha value is -0.570. The Morgan fingerprint density at radius 2 is 0.938 bits per heavy atom. The summed E-state index contributed by atoms with van der Waals surface area (Å²) in [5.41, 5.74) is 0. The van der Waals surface area contributed by atoms with Crippen LogP contribution in [0, 0.1) is 0 Å². The number of carbonyl (C=O) groups excluding carboxylic acids is 1. The van der Waals surface area contributed by atoms with Crippen LogP contribution in [0.5, 0.6) is 0 Å². The molecule has 0 saturated heterocycles. The van der Waals surface area contributed by atoms with Crippen molar-refractivity contribution < 1.29 is 9.28 Å². The zero-order valence-electron chi connectivity index (χ0n) is 23.0. The van der Waals surface area contributed by atoms with E-state index < -0.39 is 0 Å². The van der Waals surface area contributed by atoms with Gasteiger partial charge in [-0.1, -0.05) is 129 Å². The number of hydrogen-bond donors (Lipinski definition) is 1. The van der Waals surface area contributed by atoms with Crippen LogP contribution >= 0.6 is 0 Å². The van der Waals surface area contributed by atoms with E-state index in [9.17, 15) is 4.79 Å². The van der Waals surface area contributed by atoms with E-state index in [-0.39, 0.29) is 12.1 Å². The van der Waals surface area contributed by atoms with E-state index in [0.29, 0.717) is 6.42 Å². The van der Waals surface area contributed by atoms with Gasteiger partial charge in [0.15, 0.2) is 6.17 Å². The molecular weight excluding hydrogens is 392 g/mol. The quantitative estimate of drug-likeness (QED) is 0.0883. The highest BCUT2D eigenvalue weighted by molar-refractivity contribution is 5.75. The summed E-state index contributed by atoms with van der Waals surface area (Å²) in [4.78, 5) is 12.2. The smallest absolute Gasteiger partial charge is 0.224 e. The van der Waals surface area contributed by atoms with Gasteiger partial charge in [-0.15, -0.1) is 0 Å². The Kier molecular flexibility index (Phi) is 21.8. The number of nitrogens with zero attached hydrogens (tertiary/aromatic N) is 1. The predicted octanol–water partition coefficient (Wildman–Crippen LogP) is 8.76. The fourth-order valence-corrected chi connectivity index (χ4v) is 4.61. The maximum absolute atomic E-state index is 12.2. The third-order valence-corrected chi connectivity index (χ3v) is 7.38. The second-order valence-electron chi connectivity index (χ2n) is 10.7. The fraction of sp³-hybridized carbons (Fsp3) is 0.966. The van der Waals surface area contributed by atoms with Crippen LogP contribution in [0.15, 0.2) is 0 Å². The molecule has 0 aromatic carbocycles. The van der Waals surface area contributed by atoms with E-state index in [1.165, 1.54) is 116 Å². The standard InChI is InChI=1S/C29H60N2O/c1-6-9-10-11-12-13-14-15-16-17-18-19-20-21-22-23-24-25-26-27-29(32)30-28(7-2)31(4,5)8-3/h28H,6-27H2,1-5H3/p+1. The SMILES string of the molecule is CCCCCCCCCCCCCCCCCCCCCC(=O)NC(CC)[N+](C)(C)CC. The Balaban J connectivity index is 3.33. The molecule has 0 aliphatic carbocycles. The highest BCUT2D eigenvalue weighted by Crippen LogP contribution is 2.15. The first-order chi connectivity index (χ1) is 15.5. The molecule has 32 heavy (non-hydrogen) atoms. The van der Waals surface area contributed by atoms with Gasteiger partial charge in [0.05, 0.1) is 20.6 Å². The lowest BCUT2D eigenvalue weighted by atomic mass is 10.0. The first-order valence-corrected chi connectivity index (χ1v) is 14.6. The van der Waals surface area contributed by atoms with Crippen LogP contribution in [0.1, 0.15) is 156 Å². The van der Waals surface area contributed by atoms with E-state index in [4.69, 9.17) is 0 Å². The second-order valence-corrected chi connectivity index (χ2v) is 10.7. The first-order valence-electron chi connectivity index (χ1n) is 14.6. The monoisotopic (exact) mass is 453 g/mol. The van der Waals surface area contributed by atoms with Crippen molar-refractivity contribution in [1.29, 1.82) is 0 Å². The number of quaternary nitrogens is 1. The average molecular weight is 454 g/mol. The summed E-state index contributed by atoms with van der Waals surface area (Å²) in [6.07, 6.45) is 28.3. The van der Waals surface area contributed by atoms with Gasteiger partial charge in [-0.05, 0) is 13.3 Å². The minimum absolute atomic E-state index is 0.239. The molecule has 0 aliphatic heterocycles. The number of nitrogens with one attached hydrogen (secondary N) is 1. The van der Waals surface area contributed by atoms with Crippen molar-refractivity contribution in [1.82, 2.24) is 5.32 Å². The molecule has 0 saturated carbocycles. The Labute approximate surface area is 203 Å². The van der Waals surface area contributed by atoms with Gasteiger partial charge in [-0.2, -0.15) is 0 Å². The van der Waals surface area contributed by atoms with Gasteiger partial charge in [0.2, 0.25) is 5.91 Å². The van der Waals surface area contributed by atoms with Crippen LogP contribution in [0.25, 0.3) is 0 Å². The maximum Gasteiger partial charge on any atom is 0.224 e. The lowest BCUT2D eigenvalue weighted by Crippen LogP contribution is -2.57. The van der Waals surface area contributed by atoms with E-state index in [1.807, 2.05) is 0 Å². The van der Waals surface area contributed by atoms with Gasteiger partial charge in [-0.3, -0.25) is 4.79 Å². The summed E-state index contributed by atoms with van der Waals surface area (Å²) in [5, 5.41) is 3.25. The van der Waals surface area contributed by atoms with Gasteiger partial charge in [0.25, 0.3) is 0 Å². The van der Waals surface area contributed by atoms with Gasteiger partial charge in [0, 0.05) is 12.8 Å². The molecule has 0 aliphatic rings. The fourth-order valence-electron chi connectivity index (χ4n) is 4.61. The summed E-state index contributed by atoms with van der Waals surface area (Å²) in [5.74, 6) is 0.239. The summed E-state index contributed by atoms with van der Waals surface area (Å²) in [7, 11) is 4.40. The normalized spacial score (nSPS) is 12.8. The van der Waals surface area contributed by atoms with Gasteiger partial charge >= 0.3 is 0 Å². The number of carbonyl (C=O) groups is 1. The molecule has 3 heteroatoms. The van der Waals surface area contributed by atoms with Crippen molar-refractivity contribution in [2.24, 2.45) is 0 Å². The number of rotatable bonds is 24. The van der Waals surface area contributed by atoms with Crippen molar-refractivity contribution in [3.05, 3.63) is 0 Å². The highest BCUT2D eigenvalue weighted by atomic mass is 16.1. The third kappa shape index (κ3) is 18.9. The zero-order valence-corrected chi connectivity index (χ0v) is 23.0.